The van der Waals surface area contributed by atoms with Crippen molar-refractivity contribution in [2.45, 2.75) is 65.0 Å². The molecule has 1 saturated heterocycles. The van der Waals surface area contributed by atoms with Crippen LogP contribution < -0.4 is 0 Å². The summed E-state index contributed by atoms with van der Waals surface area (Å²) >= 11 is 0. The third-order valence-electron chi connectivity index (χ3n) is 5.10. The van der Waals surface area contributed by atoms with Crippen molar-refractivity contribution in [2.24, 2.45) is 17.3 Å². The number of nitriles is 1. The summed E-state index contributed by atoms with van der Waals surface area (Å²) in [6.07, 6.45) is 5.11. The standard InChI is InChI=1S/C16H28N2O/c1-16(2,3)13-7-6-12(10-17)15(9-13)18-8-4-5-14(19)11-18/h12-15,19H,4-9,11H2,1-3H3. The molecule has 1 N–H and O–H groups in total. The highest BCUT2D eigenvalue weighted by atomic mass is 16.3. The highest BCUT2D eigenvalue weighted by Crippen LogP contribution is 2.41. The summed E-state index contributed by atoms with van der Waals surface area (Å²) in [6.45, 7) is 8.75. The highest BCUT2D eigenvalue weighted by molar-refractivity contribution is 5.00. The molecule has 0 radical (unpaired) electrons. The predicted octanol–water partition coefficient (Wildman–Crippen LogP) is 2.80. The fourth-order valence-corrected chi connectivity index (χ4v) is 3.77. The van der Waals surface area contributed by atoms with Crippen molar-refractivity contribution in [3.8, 4) is 6.07 Å². The van der Waals surface area contributed by atoms with E-state index in [1.54, 1.807) is 0 Å². The molecule has 2 aliphatic rings. The van der Waals surface area contributed by atoms with Crippen LogP contribution in [0.4, 0.5) is 0 Å². The van der Waals surface area contributed by atoms with E-state index in [-0.39, 0.29) is 12.0 Å². The average molecular weight is 264 g/mol. The molecule has 4 unspecified atom stereocenters. The van der Waals surface area contributed by atoms with E-state index in [1.807, 2.05) is 0 Å². The Labute approximate surface area is 117 Å². The molecule has 1 aliphatic carbocycles. The van der Waals surface area contributed by atoms with Gasteiger partial charge in [0, 0.05) is 12.6 Å². The van der Waals surface area contributed by atoms with Gasteiger partial charge in [0.2, 0.25) is 0 Å². The number of β-amino-alcohol motifs (C(OH)–C–C–N with tert-alkyl or cyclic N) is 1. The Bertz CT molecular complexity index is 342. The first-order chi connectivity index (χ1) is 8.91. The molecule has 1 heterocycles. The molecule has 0 aromatic rings. The number of piperidine rings is 1. The molecule has 1 aliphatic heterocycles. The maximum Gasteiger partial charge on any atom is 0.0672 e. The van der Waals surface area contributed by atoms with Gasteiger partial charge in [0.25, 0.3) is 0 Å². The number of aliphatic hydroxyl groups excluding tert-OH is 1. The van der Waals surface area contributed by atoms with Gasteiger partial charge in [-0.2, -0.15) is 5.26 Å². The van der Waals surface area contributed by atoms with Crippen molar-refractivity contribution < 1.29 is 5.11 Å². The van der Waals surface area contributed by atoms with Gasteiger partial charge in [-0.05, 0) is 50.0 Å². The molecule has 2 fully saturated rings. The van der Waals surface area contributed by atoms with Gasteiger partial charge >= 0.3 is 0 Å². The number of hydrogen-bond donors (Lipinski definition) is 1. The second kappa shape index (κ2) is 5.81. The molecule has 2 rings (SSSR count). The van der Waals surface area contributed by atoms with E-state index in [0.29, 0.717) is 17.4 Å². The molecule has 108 valence electrons. The lowest BCUT2D eigenvalue weighted by Crippen LogP contribution is -2.50. The minimum atomic E-state index is -0.192. The van der Waals surface area contributed by atoms with Crippen LogP contribution in [-0.2, 0) is 0 Å². The monoisotopic (exact) mass is 264 g/mol. The van der Waals surface area contributed by atoms with Crippen molar-refractivity contribution in [1.82, 2.24) is 4.90 Å². The van der Waals surface area contributed by atoms with Crippen LogP contribution in [0.1, 0.15) is 52.9 Å². The van der Waals surface area contributed by atoms with Crippen LogP contribution in [0.15, 0.2) is 0 Å². The van der Waals surface area contributed by atoms with Crippen molar-refractivity contribution in [1.29, 1.82) is 5.26 Å². The Kier molecular flexibility index (Phi) is 4.53. The van der Waals surface area contributed by atoms with Crippen LogP contribution in [0.3, 0.4) is 0 Å². The molecule has 1 saturated carbocycles. The van der Waals surface area contributed by atoms with Gasteiger partial charge < -0.3 is 5.11 Å². The number of aliphatic hydroxyl groups is 1. The molecule has 0 amide bonds. The summed E-state index contributed by atoms with van der Waals surface area (Å²) in [4.78, 5) is 2.39. The van der Waals surface area contributed by atoms with Gasteiger partial charge in [0.15, 0.2) is 0 Å². The Morgan fingerprint density at radius 3 is 2.53 bits per heavy atom. The average Bonchev–Trinajstić information content (AvgIpc) is 2.37. The Morgan fingerprint density at radius 2 is 1.95 bits per heavy atom. The van der Waals surface area contributed by atoms with Crippen molar-refractivity contribution in [3.63, 3.8) is 0 Å². The van der Waals surface area contributed by atoms with Gasteiger partial charge in [0.05, 0.1) is 18.1 Å². The zero-order valence-electron chi connectivity index (χ0n) is 12.6. The molecule has 19 heavy (non-hydrogen) atoms. The lowest BCUT2D eigenvalue weighted by Gasteiger charge is -2.46. The number of nitrogens with zero attached hydrogens (tertiary/aromatic N) is 2. The van der Waals surface area contributed by atoms with E-state index in [2.05, 4.69) is 31.7 Å². The molecule has 0 spiro atoms. The quantitative estimate of drug-likeness (QED) is 0.792. The number of likely N-dealkylation sites (tertiary alicyclic amines) is 1. The first-order valence-corrected chi connectivity index (χ1v) is 7.73. The van der Waals surface area contributed by atoms with Crippen molar-refractivity contribution >= 4 is 0 Å². The summed E-state index contributed by atoms with van der Waals surface area (Å²) < 4.78 is 0. The number of hydrogen-bond acceptors (Lipinski definition) is 3. The van der Waals surface area contributed by atoms with Crippen LogP contribution in [0.2, 0.25) is 0 Å². The summed E-state index contributed by atoms with van der Waals surface area (Å²) in [5, 5.41) is 19.3. The van der Waals surface area contributed by atoms with Gasteiger partial charge in [-0.3, -0.25) is 4.90 Å². The maximum atomic E-state index is 9.87. The van der Waals surface area contributed by atoms with Gasteiger partial charge in [-0.15, -0.1) is 0 Å². The molecule has 0 aromatic heterocycles. The first-order valence-electron chi connectivity index (χ1n) is 7.73. The van der Waals surface area contributed by atoms with Crippen LogP contribution in [-0.4, -0.2) is 35.2 Å². The number of rotatable bonds is 1. The zero-order valence-corrected chi connectivity index (χ0v) is 12.6. The zero-order chi connectivity index (χ0) is 14.0. The van der Waals surface area contributed by atoms with E-state index < -0.39 is 0 Å². The van der Waals surface area contributed by atoms with Crippen molar-refractivity contribution in [2.75, 3.05) is 13.1 Å². The van der Waals surface area contributed by atoms with Crippen LogP contribution in [0.25, 0.3) is 0 Å². The molecule has 3 heteroatoms. The normalized spacial score (nSPS) is 37.8. The van der Waals surface area contributed by atoms with E-state index >= 15 is 0 Å². The molecular weight excluding hydrogens is 236 g/mol. The van der Waals surface area contributed by atoms with E-state index in [1.165, 1.54) is 6.42 Å². The lowest BCUT2D eigenvalue weighted by atomic mass is 9.67. The Morgan fingerprint density at radius 1 is 1.21 bits per heavy atom. The van der Waals surface area contributed by atoms with E-state index in [0.717, 1.165) is 38.8 Å². The summed E-state index contributed by atoms with van der Waals surface area (Å²) in [6, 6.07) is 2.87. The summed E-state index contributed by atoms with van der Waals surface area (Å²) in [7, 11) is 0. The minimum absolute atomic E-state index is 0.156. The molecular formula is C16H28N2O. The highest BCUT2D eigenvalue weighted by Gasteiger charge is 2.39. The topological polar surface area (TPSA) is 47.3 Å². The lowest BCUT2D eigenvalue weighted by molar-refractivity contribution is 0.00334. The summed E-state index contributed by atoms with van der Waals surface area (Å²) in [5.41, 5.74) is 0.326. The summed E-state index contributed by atoms with van der Waals surface area (Å²) in [5.74, 6) is 0.852. The fourth-order valence-electron chi connectivity index (χ4n) is 3.77. The van der Waals surface area contributed by atoms with Crippen LogP contribution >= 0.6 is 0 Å². The third kappa shape index (κ3) is 3.49. The maximum absolute atomic E-state index is 9.87. The van der Waals surface area contributed by atoms with Crippen molar-refractivity contribution in [3.05, 3.63) is 0 Å². The SMILES string of the molecule is CC(C)(C)C1CCC(C#N)C(N2CCCC(O)C2)C1. The minimum Gasteiger partial charge on any atom is -0.392 e. The van der Waals surface area contributed by atoms with Gasteiger partial charge in [0.1, 0.15) is 0 Å². The molecule has 4 atom stereocenters. The Hall–Kier alpha value is -0.590. The predicted molar refractivity (Wildman–Crippen MR) is 76.5 cm³/mol. The van der Waals surface area contributed by atoms with E-state index in [4.69, 9.17) is 0 Å². The second-order valence-corrected chi connectivity index (χ2v) is 7.47. The van der Waals surface area contributed by atoms with E-state index in [9.17, 15) is 10.4 Å². The molecule has 0 bridgehead atoms. The molecule has 3 nitrogen and oxygen atoms in total. The van der Waals surface area contributed by atoms with Gasteiger partial charge in [-0.1, -0.05) is 20.8 Å². The largest absolute Gasteiger partial charge is 0.392 e. The van der Waals surface area contributed by atoms with Gasteiger partial charge in [-0.25, -0.2) is 0 Å². The second-order valence-electron chi connectivity index (χ2n) is 7.47. The first kappa shape index (κ1) is 14.8. The molecule has 0 aromatic carbocycles. The fraction of sp³-hybridized carbons (Fsp3) is 0.938. The smallest absolute Gasteiger partial charge is 0.0672 e. The van der Waals surface area contributed by atoms with Crippen LogP contribution in [0, 0.1) is 28.6 Å². The Balaban J connectivity index is 2.07. The third-order valence-corrected chi connectivity index (χ3v) is 5.10. The van der Waals surface area contributed by atoms with Crippen LogP contribution in [0.5, 0.6) is 0 Å².